The highest BCUT2D eigenvalue weighted by Gasteiger charge is 2.35. The number of benzene rings is 2. The molecule has 2 aromatic carbocycles. The number of nitrogens with zero attached hydrogens (tertiary/aromatic N) is 1. The fourth-order valence-corrected chi connectivity index (χ4v) is 5.53. The molecule has 6 heteroatoms. The lowest BCUT2D eigenvalue weighted by atomic mass is 10.0. The molecular weight excluding hydrogens is 398 g/mol. The molecule has 1 fully saturated rings. The van der Waals surface area contributed by atoms with Crippen LogP contribution in [0.3, 0.4) is 0 Å². The van der Waals surface area contributed by atoms with Gasteiger partial charge in [0.15, 0.2) is 0 Å². The Kier molecular flexibility index (Phi) is 7.56. The molecule has 1 aliphatic rings. The summed E-state index contributed by atoms with van der Waals surface area (Å²) >= 11 is 0. The summed E-state index contributed by atoms with van der Waals surface area (Å²) in [6.45, 7) is 4.47. The van der Waals surface area contributed by atoms with Crippen LogP contribution in [0.15, 0.2) is 61.2 Å². The Labute approximate surface area is 180 Å². The molecule has 0 heterocycles. The van der Waals surface area contributed by atoms with E-state index < -0.39 is 10.0 Å². The Balaban J connectivity index is 1.82. The molecule has 0 radical (unpaired) electrons. The molecule has 0 amide bonds. The SMILES string of the molecule is C=CC[C@@H](CS(=O)(=O)N(Cc1ccc(OC)cc1)Cc1ccc(OC)cc1)C1CC1. The Morgan fingerprint density at radius 3 is 1.80 bits per heavy atom. The van der Waals surface area contributed by atoms with Crippen molar-refractivity contribution < 1.29 is 17.9 Å². The van der Waals surface area contributed by atoms with E-state index in [4.69, 9.17) is 9.47 Å². The minimum Gasteiger partial charge on any atom is -0.497 e. The number of sulfonamides is 1. The number of rotatable bonds is 12. The van der Waals surface area contributed by atoms with Gasteiger partial charge in [-0.2, -0.15) is 4.31 Å². The first kappa shape index (κ1) is 22.4. The van der Waals surface area contributed by atoms with Gasteiger partial charge >= 0.3 is 0 Å². The summed E-state index contributed by atoms with van der Waals surface area (Å²) in [5.41, 5.74) is 1.86. The first-order valence-corrected chi connectivity index (χ1v) is 11.9. The third-order valence-corrected chi connectivity index (χ3v) is 7.51. The molecule has 3 rings (SSSR count). The topological polar surface area (TPSA) is 55.8 Å². The summed E-state index contributed by atoms with van der Waals surface area (Å²) in [6.07, 6.45) is 4.81. The summed E-state index contributed by atoms with van der Waals surface area (Å²) in [4.78, 5) is 0. The van der Waals surface area contributed by atoms with E-state index in [1.54, 1.807) is 18.5 Å². The summed E-state index contributed by atoms with van der Waals surface area (Å²) in [7, 11) is -0.217. The van der Waals surface area contributed by atoms with Gasteiger partial charge in [0.1, 0.15) is 11.5 Å². The predicted molar refractivity (Wildman–Crippen MR) is 120 cm³/mol. The van der Waals surface area contributed by atoms with Gasteiger partial charge in [-0.1, -0.05) is 30.3 Å². The van der Waals surface area contributed by atoms with E-state index in [0.29, 0.717) is 19.0 Å². The number of allylic oxidation sites excluding steroid dienone is 1. The zero-order valence-corrected chi connectivity index (χ0v) is 18.6. The molecule has 0 saturated heterocycles. The van der Waals surface area contributed by atoms with E-state index in [1.807, 2.05) is 54.6 Å². The minimum absolute atomic E-state index is 0.140. The molecule has 0 aliphatic heterocycles. The third-order valence-electron chi connectivity index (χ3n) is 5.61. The van der Waals surface area contributed by atoms with Gasteiger partial charge in [0.05, 0.1) is 20.0 Å². The Morgan fingerprint density at radius 1 is 0.967 bits per heavy atom. The normalized spacial score (nSPS) is 15.0. The summed E-state index contributed by atoms with van der Waals surface area (Å²) in [5, 5.41) is 0. The molecule has 0 aromatic heterocycles. The second kappa shape index (κ2) is 10.1. The van der Waals surface area contributed by atoms with Crippen molar-refractivity contribution in [2.24, 2.45) is 11.8 Å². The van der Waals surface area contributed by atoms with Crippen molar-refractivity contribution in [1.29, 1.82) is 0 Å². The minimum atomic E-state index is -3.45. The molecule has 162 valence electrons. The van der Waals surface area contributed by atoms with Crippen LogP contribution >= 0.6 is 0 Å². The fraction of sp³-hybridized carbons (Fsp3) is 0.417. The maximum Gasteiger partial charge on any atom is 0.215 e. The van der Waals surface area contributed by atoms with Crippen molar-refractivity contribution in [3.8, 4) is 11.5 Å². The molecule has 0 unspecified atom stereocenters. The summed E-state index contributed by atoms with van der Waals surface area (Å²) < 4.78 is 38.9. The van der Waals surface area contributed by atoms with Gasteiger partial charge < -0.3 is 9.47 Å². The van der Waals surface area contributed by atoms with Gasteiger partial charge in [0, 0.05) is 13.1 Å². The van der Waals surface area contributed by atoms with E-state index in [0.717, 1.165) is 41.9 Å². The zero-order chi connectivity index (χ0) is 21.6. The predicted octanol–water partition coefficient (Wildman–Crippen LogP) is 4.64. The smallest absolute Gasteiger partial charge is 0.215 e. The molecule has 5 nitrogen and oxygen atoms in total. The monoisotopic (exact) mass is 429 g/mol. The Morgan fingerprint density at radius 2 is 1.43 bits per heavy atom. The maximum absolute atomic E-state index is 13.4. The van der Waals surface area contributed by atoms with Crippen LogP contribution < -0.4 is 9.47 Å². The number of hydrogen-bond donors (Lipinski definition) is 0. The van der Waals surface area contributed by atoms with Crippen molar-refractivity contribution in [3.63, 3.8) is 0 Å². The van der Waals surface area contributed by atoms with E-state index in [-0.39, 0.29) is 11.7 Å². The second-order valence-electron chi connectivity index (χ2n) is 7.86. The molecule has 1 aliphatic carbocycles. The first-order valence-electron chi connectivity index (χ1n) is 10.3. The van der Waals surface area contributed by atoms with E-state index in [1.165, 1.54) is 0 Å². The van der Waals surface area contributed by atoms with Crippen molar-refractivity contribution >= 4 is 10.0 Å². The van der Waals surface area contributed by atoms with Crippen LogP contribution in [0.1, 0.15) is 30.4 Å². The van der Waals surface area contributed by atoms with Crippen LogP contribution in [-0.2, 0) is 23.1 Å². The average molecular weight is 430 g/mol. The fourth-order valence-electron chi connectivity index (χ4n) is 3.68. The second-order valence-corrected chi connectivity index (χ2v) is 9.88. The lowest BCUT2D eigenvalue weighted by Gasteiger charge is -2.25. The van der Waals surface area contributed by atoms with Gasteiger partial charge in [0.2, 0.25) is 10.0 Å². The highest BCUT2D eigenvalue weighted by Crippen LogP contribution is 2.40. The molecule has 0 spiro atoms. The van der Waals surface area contributed by atoms with Crippen molar-refractivity contribution in [2.45, 2.75) is 32.4 Å². The summed E-state index contributed by atoms with van der Waals surface area (Å²) in [5.74, 6) is 2.31. The lowest BCUT2D eigenvalue weighted by molar-refractivity contribution is 0.387. The van der Waals surface area contributed by atoms with Gasteiger partial charge in [0.25, 0.3) is 0 Å². The van der Waals surface area contributed by atoms with Crippen LogP contribution in [0.25, 0.3) is 0 Å². The van der Waals surface area contributed by atoms with E-state index >= 15 is 0 Å². The summed E-state index contributed by atoms with van der Waals surface area (Å²) in [6, 6.07) is 15.1. The number of methoxy groups -OCH3 is 2. The van der Waals surface area contributed by atoms with Gasteiger partial charge in [-0.3, -0.25) is 0 Å². The Hall–Kier alpha value is -2.31. The molecule has 2 aromatic rings. The largest absolute Gasteiger partial charge is 0.497 e. The van der Waals surface area contributed by atoms with Crippen LogP contribution in [0.2, 0.25) is 0 Å². The maximum atomic E-state index is 13.4. The van der Waals surface area contributed by atoms with Gasteiger partial charge in [-0.15, -0.1) is 6.58 Å². The quantitative estimate of drug-likeness (QED) is 0.461. The van der Waals surface area contributed by atoms with E-state index in [9.17, 15) is 8.42 Å². The highest BCUT2D eigenvalue weighted by atomic mass is 32.2. The highest BCUT2D eigenvalue weighted by molar-refractivity contribution is 7.89. The standard InChI is InChI=1S/C24H31NO4S/c1-4-5-22(21-10-11-21)18-30(26,27)25(16-19-6-12-23(28-2)13-7-19)17-20-8-14-24(29-3)15-9-20/h4,6-9,12-15,21-22H,1,5,10-11,16-18H2,2-3H3/t22-/m0/s1. The van der Waals surface area contributed by atoms with Crippen molar-refractivity contribution in [3.05, 3.63) is 72.3 Å². The number of hydrogen-bond acceptors (Lipinski definition) is 4. The zero-order valence-electron chi connectivity index (χ0n) is 17.8. The molecule has 0 N–H and O–H groups in total. The molecule has 1 saturated carbocycles. The van der Waals surface area contributed by atoms with Crippen LogP contribution in [0.4, 0.5) is 0 Å². The molecule has 1 atom stereocenters. The Bertz CT molecular complexity index is 869. The first-order chi connectivity index (χ1) is 14.4. The molecule has 30 heavy (non-hydrogen) atoms. The lowest BCUT2D eigenvalue weighted by Crippen LogP contribution is -2.35. The van der Waals surface area contributed by atoms with Gasteiger partial charge in [-0.05, 0) is 66.5 Å². The van der Waals surface area contributed by atoms with Crippen LogP contribution in [0.5, 0.6) is 11.5 Å². The van der Waals surface area contributed by atoms with E-state index in [2.05, 4.69) is 6.58 Å². The van der Waals surface area contributed by atoms with Crippen LogP contribution in [0, 0.1) is 11.8 Å². The molecule has 0 bridgehead atoms. The number of ether oxygens (including phenoxy) is 2. The van der Waals surface area contributed by atoms with Crippen LogP contribution in [-0.4, -0.2) is 32.7 Å². The van der Waals surface area contributed by atoms with Gasteiger partial charge in [-0.25, -0.2) is 8.42 Å². The average Bonchev–Trinajstić information content (AvgIpc) is 3.59. The van der Waals surface area contributed by atoms with Crippen molar-refractivity contribution in [1.82, 2.24) is 4.31 Å². The third kappa shape index (κ3) is 6.09. The molecular formula is C24H31NO4S. The van der Waals surface area contributed by atoms with Crippen molar-refractivity contribution in [2.75, 3.05) is 20.0 Å².